The molecule has 0 aliphatic heterocycles. The minimum Gasteiger partial charge on any atom is -0.481 e. The third kappa shape index (κ3) is 28.7. The van der Waals surface area contributed by atoms with Crippen molar-refractivity contribution in [2.45, 2.75) is 154 Å². The van der Waals surface area contributed by atoms with Crippen molar-refractivity contribution in [3.8, 4) is 0 Å². The Morgan fingerprint density at radius 2 is 1.26 bits per heavy atom. The van der Waals surface area contributed by atoms with Crippen molar-refractivity contribution in [2.24, 2.45) is 5.92 Å². The number of aliphatic hydroxyl groups excluding tert-OH is 1. The number of carboxylic acid groups (broad SMARTS) is 1. The molecule has 0 rings (SSSR count). The zero-order chi connectivity index (χ0) is 32.4. The lowest BCUT2D eigenvalue weighted by atomic mass is 9.96. The van der Waals surface area contributed by atoms with Crippen LogP contribution in [-0.4, -0.2) is 85.3 Å². The van der Waals surface area contributed by atoms with Gasteiger partial charge in [0, 0.05) is 13.0 Å². The summed E-state index contributed by atoms with van der Waals surface area (Å²) in [6, 6.07) is 0. The van der Waals surface area contributed by atoms with Crippen LogP contribution in [-0.2, 0) is 23.1 Å². The smallest absolute Gasteiger partial charge is 0.472 e. The fourth-order valence-electron chi connectivity index (χ4n) is 5.15. The number of phosphoric acid groups is 1. The van der Waals surface area contributed by atoms with Gasteiger partial charge >= 0.3 is 13.8 Å². The van der Waals surface area contributed by atoms with Gasteiger partial charge in [-0.2, -0.15) is 0 Å². The number of carboxylic acids is 1. The number of ether oxygens (including phenoxy) is 1. The van der Waals surface area contributed by atoms with Crippen molar-refractivity contribution in [2.75, 3.05) is 47.5 Å². The molecule has 9 nitrogen and oxygen atoms in total. The molecule has 0 saturated carbocycles. The van der Waals surface area contributed by atoms with E-state index in [1.807, 2.05) is 21.1 Å². The molecule has 0 amide bonds. The number of hydrogen-bond donors (Lipinski definition) is 3. The van der Waals surface area contributed by atoms with E-state index in [0.29, 0.717) is 30.3 Å². The monoisotopic (exact) mass is 638 g/mol. The van der Waals surface area contributed by atoms with Crippen molar-refractivity contribution in [3.05, 3.63) is 0 Å². The van der Waals surface area contributed by atoms with Crippen LogP contribution in [0.5, 0.6) is 0 Å². The maximum atomic E-state index is 12.7. The summed E-state index contributed by atoms with van der Waals surface area (Å²) in [5.74, 6) is 0.00940. The molecule has 0 heterocycles. The van der Waals surface area contributed by atoms with Gasteiger partial charge in [0.2, 0.25) is 0 Å². The summed E-state index contributed by atoms with van der Waals surface area (Å²) in [6.45, 7) is 5.17. The highest BCUT2D eigenvalue weighted by Crippen LogP contribution is 2.46. The number of aliphatic carboxylic acids is 1. The van der Waals surface area contributed by atoms with Gasteiger partial charge in [-0.05, 0) is 25.2 Å². The Morgan fingerprint density at radius 1 is 0.744 bits per heavy atom. The van der Waals surface area contributed by atoms with Gasteiger partial charge in [0.05, 0.1) is 33.9 Å². The second-order valence-corrected chi connectivity index (χ2v) is 14.9. The average Bonchev–Trinajstić information content (AvgIpc) is 2.92. The quantitative estimate of drug-likeness (QED) is 0.0384. The van der Waals surface area contributed by atoms with Crippen LogP contribution in [0.3, 0.4) is 0 Å². The normalized spacial score (nSPS) is 15.7. The Hall–Kier alpha value is -0.540. The molecular weight excluding hydrogens is 569 g/mol. The lowest BCUT2D eigenvalue weighted by molar-refractivity contribution is -0.870. The summed E-state index contributed by atoms with van der Waals surface area (Å²) in [7, 11) is 1.56. The zero-order valence-electron chi connectivity index (χ0n) is 28.5. The Bertz CT molecular complexity index is 703. The fraction of sp³-hybridized carbons (Fsp3) is 0.970. The molecule has 0 aromatic carbocycles. The first-order chi connectivity index (χ1) is 20.4. The Kier molecular flexibility index (Phi) is 26.3. The molecule has 3 N–H and O–H groups in total. The number of phosphoric ester groups is 1. The van der Waals surface area contributed by atoms with E-state index in [-0.39, 0.29) is 26.2 Å². The predicted octanol–water partition coefficient (Wildman–Crippen LogP) is 8.11. The summed E-state index contributed by atoms with van der Waals surface area (Å²) in [5.41, 5.74) is 0. The SMILES string of the molecule is CCCCCCC(C)CCCCCCCCCCCCC(OP(=O)(O)OCC[N+](C)(C)C)[C@H](CO)OCCCCC(=O)O. The summed E-state index contributed by atoms with van der Waals surface area (Å²) in [4.78, 5) is 21.1. The Balaban J connectivity index is 4.34. The average molecular weight is 639 g/mol. The highest BCUT2D eigenvalue weighted by molar-refractivity contribution is 7.47. The van der Waals surface area contributed by atoms with Crippen LogP contribution in [0.25, 0.3) is 0 Å². The van der Waals surface area contributed by atoms with Crippen LogP contribution in [0.4, 0.5) is 0 Å². The Morgan fingerprint density at radius 3 is 1.74 bits per heavy atom. The van der Waals surface area contributed by atoms with E-state index in [1.54, 1.807) is 0 Å². The second kappa shape index (κ2) is 26.7. The van der Waals surface area contributed by atoms with Gasteiger partial charge in [-0.15, -0.1) is 0 Å². The topological polar surface area (TPSA) is 123 Å². The van der Waals surface area contributed by atoms with Crippen LogP contribution in [0.2, 0.25) is 0 Å². The van der Waals surface area contributed by atoms with Gasteiger partial charge in [-0.25, -0.2) is 4.57 Å². The van der Waals surface area contributed by atoms with Gasteiger partial charge in [-0.3, -0.25) is 13.8 Å². The van der Waals surface area contributed by atoms with Crippen molar-refractivity contribution in [1.82, 2.24) is 0 Å². The molecule has 0 saturated heterocycles. The van der Waals surface area contributed by atoms with Crippen LogP contribution in [0.15, 0.2) is 0 Å². The molecule has 0 bridgehead atoms. The minimum atomic E-state index is -4.33. The number of carbonyl (C=O) groups is 1. The third-order valence-electron chi connectivity index (χ3n) is 7.98. The molecule has 258 valence electrons. The maximum Gasteiger partial charge on any atom is 0.472 e. The second-order valence-electron chi connectivity index (χ2n) is 13.5. The molecule has 0 radical (unpaired) electrons. The predicted molar refractivity (Wildman–Crippen MR) is 175 cm³/mol. The number of hydrogen-bond acceptors (Lipinski definition) is 6. The highest BCUT2D eigenvalue weighted by atomic mass is 31.2. The van der Waals surface area contributed by atoms with E-state index in [1.165, 1.54) is 83.5 Å². The summed E-state index contributed by atoms with van der Waals surface area (Å²) < 4.78 is 29.8. The summed E-state index contributed by atoms with van der Waals surface area (Å²) in [6.07, 6.45) is 20.1. The standard InChI is InChI=1S/C33H68NO8P/c1-6-7-8-17-22-30(2)23-18-15-13-11-9-10-12-14-16-19-24-31(32(29-35)40-27-21-20-25-33(36)37)42-43(38,39)41-28-26-34(3,4)5/h30-32,35H,6-29H2,1-5H3,(H-,36,37,38,39)/p+1/t30?,31?,32-/m0/s1. The molecule has 4 atom stereocenters. The van der Waals surface area contributed by atoms with E-state index < -0.39 is 26.0 Å². The molecule has 43 heavy (non-hydrogen) atoms. The number of nitrogens with zero attached hydrogens (tertiary/aromatic N) is 1. The highest BCUT2D eigenvalue weighted by Gasteiger charge is 2.32. The largest absolute Gasteiger partial charge is 0.481 e. The van der Waals surface area contributed by atoms with E-state index in [4.69, 9.17) is 18.9 Å². The molecule has 0 fully saturated rings. The van der Waals surface area contributed by atoms with Crippen LogP contribution < -0.4 is 0 Å². The van der Waals surface area contributed by atoms with E-state index >= 15 is 0 Å². The maximum absolute atomic E-state index is 12.7. The lowest BCUT2D eigenvalue weighted by Crippen LogP contribution is -2.38. The molecule has 0 aromatic rings. The van der Waals surface area contributed by atoms with Gasteiger partial charge in [0.1, 0.15) is 19.3 Å². The number of aliphatic hydroxyl groups is 1. The molecular formula is C33H69NO8P+. The Labute approximate surface area is 264 Å². The van der Waals surface area contributed by atoms with Crippen LogP contribution in [0.1, 0.15) is 142 Å². The molecule has 0 spiro atoms. The van der Waals surface area contributed by atoms with Crippen LogP contribution >= 0.6 is 7.82 Å². The van der Waals surface area contributed by atoms with Gasteiger partial charge in [0.25, 0.3) is 0 Å². The van der Waals surface area contributed by atoms with E-state index in [9.17, 15) is 19.4 Å². The van der Waals surface area contributed by atoms with Crippen molar-refractivity contribution in [3.63, 3.8) is 0 Å². The minimum absolute atomic E-state index is 0.0532. The van der Waals surface area contributed by atoms with Crippen LogP contribution in [0, 0.1) is 5.92 Å². The molecule has 0 aliphatic rings. The first-order valence-electron chi connectivity index (χ1n) is 17.3. The number of rotatable bonds is 32. The number of unbranched alkanes of at least 4 members (excludes halogenated alkanes) is 13. The van der Waals surface area contributed by atoms with Crippen molar-refractivity contribution in [1.29, 1.82) is 0 Å². The lowest BCUT2D eigenvalue weighted by Gasteiger charge is -2.28. The number of quaternary nitrogens is 1. The first kappa shape index (κ1) is 42.5. The molecule has 0 aliphatic carbocycles. The first-order valence-corrected chi connectivity index (χ1v) is 18.8. The van der Waals surface area contributed by atoms with Gasteiger partial charge in [-0.1, -0.05) is 117 Å². The fourth-order valence-corrected chi connectivity index (χ4v) is 6.10. The summed E-state index contributed by atoms with van der Waals surface area (Å²) in [5, 5.41) is 18.8. The van der Waals surface area contributed by atoms with Gasteiger partial charge < -0.3 is 24.3 Å². The third-order valence-corrected chi connectivity index (χ3v) is 9.03. The van der Waals surface area contributed by atoms with Crippen molar-refractivity contribution < 1.29 is 42.7 Å². The molecule has 3 unspecified atom stereocenters. The summed E-state index contributed by atoms with van der Waals surface area (Å²) >= 11 is 0. The van der Waals surface area contributed by atoms with Gasteiger partial charge in [0.15, 0.2) is 0 Å². The van der Waals surface area contributed by atoms with E-state index in [2.05, 4.69) is 13.8 Å². The molecule has 0 aromatic heterocycles. The van der Waals surface area contributed by atoms with Crippen molar-refractivity contribution >= 4 is 13.8 Å². The number of likely N-dealkylation sites (N-methyl/N-ethyl adjacent to an activating group) is 1. The molecule has 10 heteroatoms. The van der Waals surface area contributed by atoms with E-state index in [0.717, 1.165) is 25.2 Å². The zero-order valence-corrected chi connectivity index (χ0v) is 29.4.